The number of anilines is 1. The van der Waals surface area contributed by atoms with E-state index < -0.39 is 0 Å². The number of hydrogen-bond donors (Lipinski definition) is 1. The minimum atomic E-state index is -0.131. The molecule has 3 aromatic rings. The van der Waals surface area contributed by atoms with Crippen LogP contribution in [0.25, 0.3) is 11.5 Å². The number of aromatic nitrogens is 3. The molecule has 1 atom stereocenters. The summed E-state index contributed by atoms with van der Waals surface area (Å²) in [4.78, 5) is 19.3. The van der Waals surface area contributed by atoms with Crippen molar-refractivity contribution in [3.63, 3.8) is 0 Å². The number of ether oxygens (including phenoxy) is 2. The maximum Gasteiger partial charge on any atom is 0.288 e. The lowest BCUT2D eigenvalue weighted by Gasteiger charge is -2.31. The Kier molecular flexibility index (Phi) is 6.81. The van der Waals surface area contributed by atoms with E-state index in [-0.39, 0.29) is 16.7 Å². The summed E-state index contributed by atoms with van der Waals surface area (Å²) in [6.07, 6.45) is 3.39. The smallest absolute Gasteiger partial charge is 0.288 e. The zero-order chi connectivity index (χ0) is 22.5. The molecule has 1 N–H and O–H groups in total. The van der Waals surface area contributed by atoms with Gasteiger partial charge in [0.15, 0.2) is 0 Å². The van der Waals surface area contributed by atoms with Crippen LogP contribution in [0.5, 0.6) is 11.5 Å². The number of benzene rings is 1. The molecule has 0 saturated carbocycles. The number of pyridine rings is 1. The van der Waals surface area contributed by atoms with Crippen LogP contribution in [0, 0.1) is 10.8 Å². The van der Waals surface area contributed by atoms with Gasteiger partial charge in [0.1, 0.15) is 17.3 Å². The molecule has 4 rings (SSSR count). The molecule has 9 nitrogen and oxygen atoms in total. The van der Waals surface area contributed by atoms with Crippen LogP contribution in [-0.4, -0.2) is 52.9 Å². The number of rotatable bonds is 7. The number of piperidine rings is 1. The zero-order valence-corrected chi connectivity index (χ0v) is 18.8. The SMILES string of the molecule is COc1cc(OC)cc(-c2nn(CN3CCCC(C(=O)Nc4ccccn4)C3)c(=S)o2)c1. The zero-order valence-electron chi connectivity index (χ0n) is 18.0. The standard InChI is InChI=1S/C22H25N5O4S/c1-29-17-10-16(11-18(12-17)30-2)21-25-27(22(32)31-21)14-26-9-5-6-15(13-26)20(28)24-19-7-3-4-8-23-19/h3-4,7-8,10-12,15H,5-6,9,13-14H2,1-2H3,(H,23,24,28). The number of nitrogens with zero attached hydrogens (tertiary/aromatic N) is 4. The molecule has 0 radical (unpaired) electrons. The normalized spacial score (nSPS) is 16.5. The van der Waals surface area contributed by atoms with Crippen molar-refractivity contribution in [2.45, 2.75) is 19.5 Å². The maximum absolute atomic E-state index is 12.7. The van der Waals surface area contributed by atoms with Gasteiger partial charge in [-0.25, -0.2) is 9.67 Å². The van der Waals surface area contributed by atoms with Gasteiger partial charge in [-0.3, -0.25) is 9.69 Å². The minimum absolute atomic E-state index is 0.0266. The highest BCUT2D eigenvalue weighted by atomic mass is 32.1. The first kappa shape index (κ1) is 22.0. The van der Waals surface area contributed by atoms with Gasteiger partial charge in [-0.15, -0.1) is 5.10 Å². The van der Waals surface area contributed by atoms with Gasteiger partial charge in [0.25, 0.3) is 4.84 Å². The highest BCUT2D eigenvalue weighted by molar-refractivity contribution is 7.71. The van der Waals surface area contributed by atoms with Crippen molar-refractivity contribution in [1.82, 2.24) is 19.7 Å². The molecule has 1 aromatic carbocycles. The number of likely N-dealkylation sites (tertiary alicyclic amines) is 1. The number of methoxy groups -OCH3 is 2. The van der Waals surface area contributed by atoms with Gasteiger partial charge in [0.2, 0.25) is 11.8 Å². The molecule has 1 unspecified atom stereocenters. The summed E-state index contributed by atoms with van der Waals surface area (Å²) in [6.45, 7) is 1.90. The van der Waals surface area contributed by atoms with Crippen molar-refractivity contribution in [2.24, 2.45) is 5.92 Å². The Morgan fingerprint density at radius 1 is 1.25 bits per heavy atom. The molecule has 1 aliphatic rings. The van der Waals surface area contributed by atoms with Crippen LogP contribution in [0.4, 0.5) is 5.82 Å². The number of carbonyl (C=O) groups excluding carboxylic acids is 1. The minimum Gasteiger partial charge on any atom is -0.497 e. The van der Waals surface area contributed by atoms with E-state index in [2.05, 4.69) is 20.3 Å². The average Bonchev–Trinajstić information content (AvgIpc) is 3.19. The lowest BCUT2D eigenvalue weighted by atomic mass is 9.97. The summed E-state index contributed by atoms with van der Waals surface area (Å²) >= 11 is 5.39. The number of nitrogens with one attached hydrogen (secondary N) is 1. The van der Waals surface area contributed by atoms with E-state index in [9.17, 15) is 4.79 Å². The van der Waals surface area contributed by atoms with Crippen molar-refractivity contribution in [2.75, 3.05) is 32.6 Å². The quantitative estimate of drug-likeness (QED) is 0.540. The third kappa shape index (κ3) is 5.14. The Hall–Kier alpha value is -3.24. The van der Waals surface area contributed by atoms with Crippen molar-refractivity contribution >= 4 is 23.9 Å². The van der Waals surface area contributed by atoms with Crippen LogP contribution in [0.2, 0.25) is 0 Å². The van der Waals surface area contributed by atoms with Gasteiger partial charge in [-0.1, -0.05) is 6.07 Å². The summed E-state index contributed by atoms with van der Waals surface area (Å²) in [5, 5.41) is 7.44. The van der Waals surface area contributed by atoms with Crippen LogP contribution < -0.4 is 14.8 Å². The van der Waals surface area contributed by atoms with Crippen LogP contribution in [0.1, 0.15) is 12.8 Å². The lowest BCUT2D eigenvalue weighted by Crippen LogP contribution is -2.41. The molecule has 1 amide bonds. The lowest BCUT2D eigenvalue weighted by molar-refractivity contribution is -0.121. The highest BCUT2D eigenvalue weighted by Gasteiger charge is 2.27. The van der Waals surface area contributed by atoms with Gasteiger partial charge in [0, 0.05) is 24.4 Å². The predicted octanol–water partition coefficient (Wildman–Crippen LogP) is 3.59. The maximum atomic E-state index is 12.7. The van der Waals surface area contributed by atoms with Crippen molar-refractivity contribution < 1.29 is 18.7 Å². The fourth-order valence-corrected chi connectivity index (χ4v) is 3.87. The van der Waals surface area contributed by atoms with E-state index in [1.807, 2.05) is 24.3 Å². The second kappa shape index (κ2) is 9.92. The Labute approximate surface area is 191 Å². The molecular weight excluding hydrogens is 430 g/mol. The summed E-state index contributed by atoms with van der Waals surface area (Å²) in [5.74, 6) is 2.05. The average molecular weight is 456 g/mol. The van der Waals surface area contributed by atoms with Gasteiger partial charge in [-0.2, -0.15) is 0 Å². The third-order valence-electron chi connectivity index (χ3n) is 5.33. The third-order valence-corrected chi connectivity index (χ3v) is 5.63. The van der Waals surface area contributed by atoms with E-state index in [1.165, 1.54) is 0 Å². The predicted molar refractivity (Wildman–Crippen MR) is 121 cm³/mol. The van der Waals surface area contributed by atoms with Gasteiger partial charge < -0.3 is 19.2 Å². The van der Waals surface area contributed by atoms with E-state index in [1.54, 1.807) is 37.2 Å². The molecule has 0 aliphatic carbocycles. The van der Waals surface area contributed by atoms with Crippen LogP contribution in [-0.2, 0) is 11.5 Å². The van der Waals surface area contributed by atoms with Gasteiger partial charge in [0.05, 0.1) is 26.8 Å². The molecule has 1 aliphatic heterocycles. The summed E-state index contributed by atoms with van der Waals surface area (Å²) in [5.41, 5.74) is 0.706. The molecule has 168 valence electrons. The highest BCUT2D eigenvalue weighted by Crippen LogP contribution is 2.29. The molecule has 0 spiro atoms. The second-order valence-corrected chi connectivity index (χ2v) is 7.89. The van der Waals surface area contributed by atoms with Crippen molar-refractivity contribution in [3.05, 3.63) is 47.4 Å². The van der Waals surface area contributed by atoms with E-state index in [4.69, 9.17) is 26.1 Å². The first-order valence-electron chi connectivity index (χ1n) is 10.3. The Balaban J connectivity index is 1.45. The molecule has 1 saturated heterocycles. The Morgan fingerprint density at radius 3 is 2.72 bits per heavy atom. The summed E-state index contributed by atoms with van der Waals surface area (Å²) in [7, 11) is 3.17. The molecular formula is C22H25N5O4S. The van der Waals surface area contributed by atoms with Gasteiger partial charge >= 0.3 is 0 Å². The summed E-state index contributed by atoms with van der Waals surface area (Å²) in [6, 6.07) is 10.8. The monoisotopic (exact) mass is 455 g/mol. The first-order chi connectivity index (χ1) is 15.6. The van der Waals surface area contributed by atoms with Crippen LogP contribution in [0.3, 0.4) is 0 Å². The Morgan fingerprint density at radius 2 is 2.03 bits per heavy atom. The van der Waals surface area contributed by atoms with Crippen LogP contribution in [0.15, 0.2) is 47.0 Å². The first-order valence-corrected chi connectivity index (χ1v) is 10.7. The summed E-state index contributed by atoms with van der Waals surface area (Å²) < 4.78 is 18.0. The molecule has 2 aromatic heterocycles. The Bertz CT molecular complexity index is 1110. The van der Waals surface area contributed by atoms with Gasteiger partial charge in [-0.05, 0) is 55.9 Å². The van der Waals surface area contributed by atoms with Crippen molar-refractivity contribution in [3.8, 4) is 23.0 Å². The van der Waals surface area contributed by atoms with Crippen molar-refractivity contribution in [1.29, 1.82) is 0 Å². The van der Waals surface area contributed by atoms with E-state index in [0.717, 1.165) is 19.4 Å². The number of amides is 1. The fourth-order valence-electron chi connectivity index (χ4n) is 3.70. The van der Waals surface area contributed by atoms with E-state index >= 15 is 0 Å². The molecule has 0 bridgehead atoms. The topological polar surface area (TPSA) is 94.7 Å². The second-order valence-electron chi connectivity index (χ2n) is 7.54. The molecule has 10 heteroatoms. The molecule has 3 heterocycles. The number of hydrogen-bond acceptors (Lipinski definition) is 8. The van der Waals surface area contributed by atoms with E-state index in [0.29, 0.717) is 42.0 Å². The fraction of sp³-hybridized carbons (Fsp3) is 0.364. The molecule has 1 fully saturated rings. The van der Waals surface area contributed by atoms with Crippen LogP contribution >= 0.6 is 12.2 Å². The largest absolute Gasteiger partial charge is 0.497 e. The number of carbonyl (C=O) groups is 1. The molecule has 32 heavy (non-hydrogen) atoms.